The van der Waals surface area contributed by atoms with Crippen LogP contribution in [0.3, 0.4) is 0 Å². The van der Waals surface area contributed by atoms with Gasteiger partial charge in [-0.25, -0.2) is 4.79 Å². The van der Waals surface area contributed by atoms with Crippen molar-refractivity contribution in [2.45, 2.75) is 32.7 Å². The third-order valence-corrected chi connectivity index (χ3v) is 4.12. The van der Waals surface area contributed by atoms with Crippen LogP contribution in [0.25, 0.3) is 0 Å². The van der Waals surface area contributed by atoms with E-state index < -0.39 is 5.97 Å². The highest BCUT2D eigenvalue weighted by molar-refractivity contribution is 7.99. The molecular formula is C12H22N2O3S. The standard InChI is InChI=1S/C12H22N2O3S/c1-9(2)14(8-11(15)16)12(17)13-7-10-3-5-18-6-4-10/h9-10H,3-8H2,1-2H3,(H,13,17)(H,15,16). The van der Waals surface area contributed by atoms with Crippen LogP contribution in [0.2, 0.25) is 0 Å². The molecule has 1 fully saturated rings. The number of carboxylic acid groups (broad SMARTS) is 1. The number of hydrogen-bond acceptors (Lipinski definition) is 3. The summed E-state index contributed by atoms with van der Waals surface area (Å²) in [5.74, 6) is 1.87. The predicted molar refractivity (Wildman–Crippen MR) is 72.9 cm³/mol. The number of carboxylic acids is 1. The molecule has 0 aromatic heterocycles. The van der Waals surface area contributed by atoms with Gasteiger partial charge in [-0.2, -0.15) is 11.8 Å². The molecule has 0 bridgehead atoms. The van der Waals surface area contributed by atoms with E-state index >= 15 is 0 Å². The van der Waals surface area contributed by atoms with E-state index in [1.807, 2.05) is 25.6 Å². The van der Waals surface area contributed by atoms with Crippen molar-refractivity contribution in [2.75, 3.05) is 24.6 Å². The molecule has 6 heteroatoms. The summed E-state index contributed by atoms with van der Waals surface area (Å²) in [7, 11) is 0. The number of amides is 2. The fourth-order valence-electron chi connectivity index (χ4n) is 1.92. The Morgan fingerprint density at radius 2 is 2.00 bits per heavy atom. The van der Waals surface area contributed by atoms with Gasteiger partial charge in [0, 0.05) is 12.6 Å². The number of aliphatic carboxylic acids is 1. The van der Waals surface area contributed by atoms with Gasteiger partial charge in [0.25, 0.3) is 0 Å². The van der Waals surface area contributed by atoms with Crippen molar-refractivity contribution in [3.63, 3.8) is 0 Å². The van der Waals surface area contributed by atoms with Crippen molar-refractivity contribution in [1.82, 2.24) is 10.2 Å². The third-order valence-electron chi connectivity index (χ3n) is 3.07. The zero-order valence-electron chi connectivity index (χ0n) is 11.0. The average Bonchev–Trinajstić information content (AvgIpc) is 2.34. The summed E-state index contributed by atoms with van der Waals surface area (Å²) in [5.41, 5.74) is 0. The average molecular weight is 274 g/mol. The molecule has 1 aliphatic heterocycles. The molecule has 0 saturated carbocycles. The molecule has 1 heterocycles. The maximum Gasteiger partial charge on any atom is 0.323 e. The van der Waals surface area contributed by atoms with Gasteiger partial charge in [0.15, 0.2) is 0 Å². The largest absolute Gasteiger partial charge is 0.480 e. The van der Waals surface area contributed by atoms with Gasteiger partial charge in [-0.15, -0.1) is 0 Å². The maximum atomic E-state index is 11.9. The van der Waals surface area contributed by atoms with Crippen LogP contribution in [0.4, 0.5) is 4.79 Å². The molecule has 104 valence electrons. The van der Waals surface area contributed by atoms with E-state index in [1.165, 1.54) is 4.90 Å². The minimum absolute atomic E-state index is 0.108. The summed E-state index contributed by atoms with van der Waals surface area (Å²) < 4.78 is 0. The SMILES string of the molecule is CC(C)N(CC(=O)O)C(=O)NCC1CCSCC1. The predicted octanol–water partition coefficient (Wildman–Crippen LogP) is 1.63. The topological polar surface area (TPSA) is 69.6 Å². The first-order valence-electron chi connectivity index (χ1n) is 6.34. The number of nitrogens with zero attached hydrogens (tertiary/aromatic N) is 1. The Morgan fingerprint density at radius 3 is 2.50 bits per heavy atom. The van der Waals surface area contributed by atoms with E-state index in [0.29, 0.717) is 12.5 Å². The quantitative estimate of drug-likeness (QED) is 0.799. The molecule has 0 atom stereocenters. The lowest BCUT2D eigenvalue weighted by Gasteiger charge is -2.27. The number of carbonyl (C=O) groups is 2. The fraction of sp³-hybridized carbons (Fsp3) is 0.833. The van der Waals surface area contributed by atoms with Crippen LogP contribution in [-0.4, -0.2) is 52.6 Å². The Hall–Kier alpha value is -0.910. The molecule has 5 nitrogen and oxygen atoms in total. The van der Waals surface area contributed by atoms with Crippen molar-refractivity contribution in [3.8, 4) is 0 Å². The fourth-order valence-corrected chi connectivity index (χ4v) is 3.12. The van der Waals surface area contributed by atoms with Crippen LogP contribution in [-0.2, 0) is 4.79 Å². The van der Waals surface area contributed by atoms with Crippen molar-refractivity contribution < 1.29 is 14.7 Å². The number of carbonyl (C=O) groups excluding carboxylic acids is 1. The van der Waals surface area contributed by atoms with E-state index in [9.17, 15) is 9.59 Å². The van der Waals surface area contributed by atoms with Gasteiger partial charge >= 0.3 is 12.0 Å². The number of thioether (sulfide) groups is 1. The number of urea groups is 1. The highest BCUT2D eigenvalue weighted by Gasteiger charge is 2.21. The summed E-state index contributed by atoms with van der Waals surface area (Å²) in [4.78, 5) is 24.0. The van der Waals surface area contributed by atoms with Gasteiger partial charge in [-0.3, -0.25) is 4.79 Å². The van der Waals surface area contributed by atoms with Crippen LogP contribution >= 0.6 is 11.8 Å². The van der Waals surface area contributed by atoms with Gasteiger partial charge in [0.1, 0.15) is 6.54 Å². The molecular weight excluding hydrogens is 252 g/mol. The first-order chi connectivity index (χ1) is 8.50. The number of nitrogens with one attached hydrogen (secondary N) is 1. The lowest BCUT2D eigenvalue weighted by molar-refractivity contribution is -0.138. The van der Waals surface area contributed by atoms with E-state index in [2.05, 4.69) is 5.32 Å². The highest BCUT2D eigenvalue weighted by Crippen LogP contribution is 2.21. The Kier molecular flexibility index (Phi) is 6.32. The zero-order valence-corrected chi connectivity index (χ0v) is 11.8. The van der Waals surface area contributed by atoms with E-state index in [-0.39, 0.29) is 18.6 Å². The summed E-state index contributed by atoms with van der Waals surface area (Å²) in [5, 5.41) is 11.6. The highest BCUT2D eigenvalue weighted by atomic mass is 32.2. The molecule has 1 saturated heterocycles. The summed E-state index contributed by atoms with van der Waals surface area (Å²) in [6.45, 7) is 4.05. The van der Waals surface area contributed by atoms with E-state index in [4.69, 9.17) is 5.11 Å². The maximum absolute atomic E-state index is 11.9. The minimum Gasteiger partial charge on any atom is -0.480 e. The Bertz CT molecular complexity index is 291. The lowest BCUT2D eigenvalue weighted by atomic mass is 10.0. The second kappa shape index (κ2) is 7.51. The summed E-state index contributed by atoms with van der Waals surface area (Å²) in [6.07, 6.45) is 2.26. The Balaban J connectivity index is 2.38. The van der Waals surface area contributed by atoms with Crippen LogP contribution in [0, 0.1) is 5.92 Å². The zero-order chi connectivity index (χ0) is 13.5. The van der Waals surface area contributed by atoms with Gasteiger partial charge in [0.05, 0.1) is 0 Å². The van der Waals surface area contributed by atoms with Gasteiger partial charge < -0.3 is 15.3 Å². The van der Waals surface area contributed by atoms with E-state index in [1.54, 1.807) is 0 Å². The van der Waals surface area contributed by atoms with Crippen LogP contribution < -0.4 is 5.32 Å². The van der Waals surface area contributed by atoms with Crippen LogP contribution in [0.1, 0.15) is 26.7 Å². The second-order valence-electron chi connectivity index (χ2n) is 4.86. The minimum atomic E-state index is -0.979. The summed E-state index contributed by atoms with van der Waals surface area (Å²) in [6, 6.07) is -0.381. The van der Waals surface area contributed by atoms with E-state index in [0.717, 1.165) is 24.3 Å². The van der Waals surface area contributed by atoms with Crippen molar-refractivity contribution in [1.29, 1.82) is 0 Å². The number of hydrogen-bond donors (Lipinski definition) is 2. The molecule has 1 aliphatic rings. The molecule has 0 spiro atoms. The Labute approximate surface area is 112 Å². The molecule has 0 aromatic carbocycles. The molecule has 2 amide bonds. The van der Waals surface area contributed by atoms with Crippen molar-refractivity contribution in [2.24, 2.45) is 5.92 Å². The first kappa shape index (κ1) is 15.1. The molecule has 2 N–H and O–H groups in total. The van der Waals surface area contributed by atoms with Crippen LogP contribution in [0.5, 0.6) is 0 Å². The van der Waals surface area contributed by atoms with Gasteiger partial charge in [0.2, 0.25) is 0 Å². The first-order valence-corrected chi connectivity index (χ1v) is 7.50. The monoisotopic (exact) mass is 274 g/mol. The third kappa shape index (κ3) is 5.16. The smallest absolute Gasteiger partial charge is 0.323 e. The van der Waals surface area contributed by atoms with Gasteiger partial charge in [-0.1, -0.05) is 0 Å². The Morgan fingerprint density at radius 1 is 1.39 bits per heavy atom. The normalized spacial score (nSPS) is 16.6. The molecule has 0 aromatic rings. The molecule has 0 aliphatic carbocycles. The molecule has 18 heavy (non-hydrogen) atoms. The van der Waals surface area contributed by atoms with Gasteiger partial charge in [-0.05, 0) is 44.1 Å². The molecule has 0 radical (unpaired) electrons. The molecule has 1 rings (SSSR count). The number of rotatable bonds is 5. The molecule has 0 unspecified atom stereocenters. The second-order valence-corrected chi connectivity index (χ2v) is 6.08. The van der Waals surface area contributed by atoms with Crippen molar-refractivity contribution >= 4 is 23.8 Å². The van der Waals surface area contributed by atoms with Crippen LogP contribution in [0.15, 0.2) is 0 Å². The van der Waals surface area contributed by atoms with Crippen molar-refractivity contribution in [3.05, 3.63) is 0 Å². The lowest BCUT2D eigenvalue weighted by Crippen LogP contribution is -2.47. The summed E-state index contributed by atoms with van der Waals surface area (Å²) >= 11 is 1.95.